The van der Waals surface area contributed by atoms with E-state index < -0.39 is 0 Å². The van der Waals surface area contributed by atoms with E-state index in [4.69, 9.17) is 16.2 Å². The molecule has 0 fully saturated rings. The number of aryl methyl sites for hydroxylation is 2. The van der Waals surface area contributed by atoms with Crippen LogP contribution >= 0.6 is 0 Å². The van der Waals surface area contributed by atoms with Gasteiger partial charge in [-0.2, -0.15) is 0 Å². The van der Waals surface area contributed by atoms with Crippen molar-refractivity contribution >= 4 is 11.4 Å². The minimum Gasteiger partial charge on any atom is -0.455 e. The highest BCUT2D eigenvalue weighted by atomic mass is 16.5. The van der Waals surface area contributed by atoms with E-state index in [1.807, 2.05) is 50.2 Å². The molecule has 0 radical (unpaired) electrons. The Hall–Kier alpha value is -2.16. The van der Waals surface area contributed by atoms with E-state index in [2.05, 4.69) is 0 Å². The average Bonchev–Trinajstić information content (AvgIpc) is 2.28. The number of benzene rings is 2. The minimum absolute atomic E-state index is 0.485. The van der Waals surface area contributed by atoms with Crippen LogP contribution in [0, 0.1) is 13.8 Å². The van der Waals surface area contributed by atoms with E-state index in [9.17, 15) is 0 Å². The van der Waals surface area contributed by atoms with E-state index in [1.54, 1.807) is 0 Å². The van der Waals surface area contributed by atoms with Crippen LogP contribution in [0.3, 0.4) is 0 Å². The summed E-state index contributed by atoms with van der Waals surface area (Å²) in [6.45, 7) is 3.95. The first-order valence-corrected chi connectivity index (χ1v) is 5.47. The van der Waals surface area contributed by atoms with Gasteiger partial charge in [-0.15, -0.1) is 0 Å². The molecule has 0 heterocycles. The Morgan fingerprint density at radius 2 is 1.65 bits per heavy atom. The second kappa shape index (κ2) is 4.37. The van der Waals surface area contributed by atoms with Gasteiger partial charge in [0.1, 0.15) is 5.75 Å². The predicted octanol–water partition coefficient (Wildman–Crippen LogP) is 3.26. The average molecular weight is 228 g/mol. The number of rotatable bonds is 2. The molecule has 0 aliphatic heterocycles. The van der Waals surface area contributed by atoms with Crippen LogP contribution in [-0.4, -0.2) is 0 Å². The molecular weight excluding hydrogens is 212 g/mol. The van der Waals surface area contributed by atoms with E-state index >= 15 is 0 Å². The molecule has 0 aliphatic rings. The summed E-state index contributed by atoms with van der Waals surface area (Å²) in [6.07, 6.45) is 0. The van der Waals surface area contributed by atoms with Gasteiger partial charge >= 0.3 is 0 Å². The second-order valence-corrected chi connectivity index (χ2v) is 4.13. The fraction of sp³-hybridized carbons (Fsp3) is 0.143. The molecule has 88 valence electrons. The van der Waals surface area contributed by atoms with Gasteiger partial charge in [0.05, 0.1) is 11.4 Å². The third-order valence-electron chi connectivity index (χ3n) is 2.63. The molecule has 0 aliphatic carbocycles. The summed E-state index contributed by atoms with van der Waals surface area (Å²) in [7, 11) is 0. The molecule has 0 bridgehead atoms. The lowest BCUT2D eigenvalue weighted by molar-refractivity contribution is 0.481. The zero-order valence-corrected chi connectivity index (χ0v) is 10.0. The topological polar surface area (TPSA) is 61.3 Å². The van der Waals surface area contributed by atoms with Crippen LogP contribution in [0.15, 0.2) is 36.4 Å². The van der Waals surface area contributed by atoms with Gasteiger partial charge in [0, 0.05) is 0 Å². The van der Waals surface area contributed by atoms with E-state index in [-0.39, 0.29) is 0 Å². The van der Waals surface area contributed by atoms with Crippen LogP contribution in [0.25, 0.3) is 0 Å². The molecule has 2 aromatic carbocycles. The standard InChI is InChI=1S/C14H16N2O/c1-9-7-11(15)14(16)13(8-9)17-12-6-4-3-5-10(12)2/h3-8H,15-16H2,1-2H3. The molecule has 0 spiro atoms. The maximum absolute atomic E-state index is 5.90. The highest BCUT2D eigenvalue weighted by molar-refractivity contribution is 5.72. The van der Waals surface area contributed by atoms with Gasteiger partial charge in [0.2, 0.25) is 0 Å². The van der Waals surface area contributed by atoms with Crippen molar-refractivity contribution in [3.63, 3.8) is 0 Å². The first-order valence-electron chi connectivity index (χ1n) is 5.47. The lowest BCUT2D eigenvalue weighted by atomic mass is 10.1. The zero-order chi connectivity index (χ0) is 12.4. The molecule has 4 N–H and O–H groups in total. The number of hydrogen-bond donors (Lipinski definition) is 2. The molecule has 17 heavy (non-hydrogen) atoms. The lowest BCUT2D eigenvalue weighted by Gasteiger charge is -2.12. The smallest absolute Gasteiger partial charge is 0.152 e. The zero-order valence-electron chi connectivity index (χ0n) is 10.0. The van der Waals surface area contributed by atoms with Gasteiger partial charge in [0.15, 0.2) is 5.75 Å². The van der Waals surface area contributed by atoms with Crippen molar-refractivity contribution in [1.82, 2.24) is 0 Å². The summed E-state index contributed by atoms with van der Waals surface area (Å²) >= 11 is 0. The molecular formula is C14H16N2O. The number of hydrogen-bond acceptors (Lipinski definition) is 3. The first-order chi connectivity index (χ1) is 8.08. The molecule has 2 rings (SSSR count). The number of nitrogen functional groups attached to an aromatic ring is 2. The van der Waals surface area contributed by atoms with Crippen LogP contribution in [0.4, 0.5) is 11.4 Å². The Balaban J connectivity index is 2.40. The van der Waals surface area contributed by atoms with Crippen molar-refractivity contribution in [2.45, 2.75) is 13.8 Å². The van der Waals surface area contributed by atoms with Gasteiger partial charge in [0.25, 0.3) is 0 Å². The molecule has 0 aromatic heterocycles. The summed E-state index contributed by atoms with van der Waals surface area (Å²) in [5.74, 6) is 1.40. The third-order valence-corrected chi connectivity index (χ3v) is 2.63. The van der Waals surface area contributed by atoms with Gasteiger partial charge in [-0.3, -0.25) is 0 Å². The van der Waals surface area contributed by atoms with Gasteiger partial charge in [-0.25, -0.2) is 0 Å². The van der Waals surface area contributed by atoms with Crippen molar-refractivity contribution in [3.05, 3.63) is 47.5 Å². The maximum atomic E-state index is 5.90. The van der Waals surface area contributed by atoms with Gasteiger partial charge in [-0.05, 0) is 43.2 Å². The number of nitrogens with two attached hydrogens (primary N) is 2. The lowest BCUT2D eigenvalue weighted by Crippen LogP contribution is -1.99. The van der Waals surface area contributed by atoms with E-state index in [1.165, 1.54) is 0 Å². The van der Waals surface area contributed by atoms with E-state index in [0.29, 0.717) is 17.1 Å². The van der Waals surface area contributed by atoms with Crippen molar-refractivity contribution in [3.8, 4) is 11.5 Å². The SMILES string of the molecule is Cc1cc(N)c(N)c(Oc2ccccc2C)c1. The van der Waals surface area contributed by atoms with Crippen molar-refractivity contribution in [2.75, 3.05) is 11.5 Å². The van der Waals surface area contributed by atoms with Crippen LogP contribution in [0.2, 0.25) is 0 Å². The Morgan fingerprint density at radius 3 is 2.35 bits per heavy atom. The number of ether oxygens (including phenoxy) is 1. The maximum Gasteiger partial charge on any atom is 0.152 e. The largest absolute Gasteiger partial charge is 0.455 e. The third kappa shape index (κ3) is 2.33. The fourth-order valence-corrected chi connectivity index (χ4v) is 1.67. The van der Waals surface area contributed by atoms with Crippen LogP contribution in [-0.2, 0) is 0 Å². The normalized spacial score (nSPS) is 10.2. The molecule has 0 amide bonds. The molecule has 2 aromatic rings. The summed E-state index contributed by atoms with van der Waals surface area (Å²) in [4.78, 5) is 0. The number of para-hydroxylation sites is 1. The monoisotopic (exact) mass is 228 g/mol. The predicted molar refractivity (Wildman–Crippen MR) is 71.3 cm³/mol. The van der Waals surface area contributed by atoms with Crippen LogP contribution in [0.1, 0.15) is 11.1 Å². The van der Waals surface area contributed by atoms with Crippen molar-refractivity contribution < 1.29 is 4.74 Å². The Labute approximate surface area is 101 Å². The van der Waals surface area contributed by atoms with Crippen LogP contribution < -0.4 is 16.2 Å². The molecule has 0 atom stereocenters. The fourth-order valence-electron chi connectivity index (χ4n) is 1.67. The molecule has 3 heteroatoms. The van der Waals surface area contributed by atoms with Gasteiger partial charge < -0.3 is 16.2 Å². The molecule has 0 saturated carbocycles. The minimum atomic E-state index is 0.485. The van der Waals surface area contributed by atoms with Crippen LogP contribution in [0.5, 0.6) is 11.5 Å². The summed E-state index contributed by atoms with van der Waals surface area (Å²) in [5, 5.41) is 0. The second-order valence-electron chi connectivity index (χ2n) is 4.13. The molecule has 3 nitrogen and oxygen atoms in total. The number of anilines is 2. The Morgan fingerprint density at radius 1 is 0.941 bits per heavy atom. The first kappa shape index (κ1) is 11.3. The van der Waals surface area contributed by atoms with Gasteiger partial charge in [-0.1, -0.05) is 18.2 Å². The van der Waals surface area contributed by atoms with E-state index in [0.717, 1.165) is 16.9 Å². The van der Waals surface area contributed by atoms with Crippen molar-refractivity contribution in [2.24, 2.45) is 0 Å². The molecule has 0 unspecified atom stereocenters. The summed E-state index contributed by atoms with van der Waals surface area (Å²) in [6, 6.07) is 11.5. The highest BCUT2D eigenvalue weighted by Gasteiger charge is 2.07. The Bertz CT molecular complexity index is 550. The molecule has 0 saturated heterocycles. The highest BCUT2D eigenvalue weighted by Crippen LogP contribution is 2.33. The summed E-state index contributed by atoms with van der Waals surface area (Å²) in [5.41, 5.74) is 14.8. The summed E-state index contributed by atoms with van der Waals surface area (Å²) < 4.78 is 5.80. The Kier molecular flexibility index (Phi) is 2.91. The van der Waals surface area contributed by atoms with Crippen molar-refractivity contribution in [1.29, 1.82) is 0 Å². The quantitative estimate of drug-likeness (QED) is 0.775.